The van der Waals surface area contributed by atoms with Gasteiger partial charge in [-0.15, -0.1) is 0 Å². The summed E-state index contributed by atoms with van der Waals surface area (Å²) in [5.74, 6) is 0.211. The molecule has 0 aliphatic carbocycles. The molecule has 0 spiro atoms. The van der Waals surface area contributed by atoms with E-state index in [2.05, 4.69) is 17.1 Å². The molecular formula is C16H23N3O. The molecule has 2 saturated heterocycles. The molecule has 2 heterocycles. The van der Waals surface area contributed by atoms with Crippen LogP contribution >= 0.6 is 0 Å². The Kier molecular flexibility index (Phi) is 4.03. The minimum Gasteiger partial charge on any atom is -0.324 e. The van der Waals surface area contributed by atoms with Crippen LogP contribution in [0.5, 0.6) is 0 Å². The van der Waals surface area contributed by atoms with Crippen molar-refractivity contribution in [3.8, 4) is 0 Å². The van der Waals surface area contributed by atoms with E-state index in [1.807, 2.05) is 35.2 Å². The third-order valence-corrected chi connectivity index (χ3v) is 4.38. The van der Waals surface area contributed by atoms with Crippen molar-refractivity contribution in [1.29, 1.82) is 0 Å². The van der Waals surface area contributed by atoms with Gasteiger partial charge in [-0.1, -0.05) is 30.3 Å². The van der Waals surface area contributed by atoms with Gasteiger partial charge in [-0.3, -0.25) is 10.1 Å². The Labute approximate surface area is 120 Å². The van der Waals surface area contributed by atoms with Gasteiger partial charge in [-0.05, 0) is 38.4 Å². The molecule has 1 amide bonds. The lowest BCUT2D eigenvalue weighted by atomic mass is 10.1. The molecule has 0 bridgehead atoms. The number of rotatable bonds is 4. The summed E-state index contributed by atoms with van der Waals surface area (Å²) in [6.45, 7) is 6.18. The maximum absolute atomic E-state index is 12.6. The van der Waals surface area contributed by atoms with E-state index >= 15 is 0 Å². The highest BCUT2D eigenvalue weighted by Gasteiger charge is 2.35. The average Bonchev–Trinajstić information content (AvgIpc) is 3.09. The number of carbonyl (C=O) groups excluding carboxylic acids is 1. The van der Waals surface area contributed by atoms with E-state index in [0.29, 0.717) is 6.67 Å². The summed E-state index contributed by atoms with van der Waals surface area (Å²) in [7, 11) is 0. The molecule has 0 saturated carbocycles. The summed E-state index contributed by atoms with van der Waals surface area (Å²) in [5.41, 5.74) is 1.06. The first-order chi connectivity index (χ1) is 9.75. The van der Waals surface area contributed by atoms with Crippen LogP contribution in [0.25, 0.3) is 0 Å². The van der Waals surface area contributed by atoms with Crippen LogP contribution in [-0.2, 0) is 4.79 Å². The van der Waals surface area contributed by atoms with Gasteiger partial charge in [0, 0.05) is 12.6 Å². The van der Waals surface area contributed by atoms with Gasteiger partial charge in [0.05, 0.1) is 6.67 Å². The van der Waals surface area contributed by atoms with Crippen LogP contribution in [0.3, 0.4) is 0 Å². The van der Waals surface area contributed by atoms with Gasteiger partial charge in [-0.25, -0.2) is 0 Å². The van der Waals surface area contributed by atoms with Gasteiger partial charge in [0.25, 0.3) is 0 Å². The monoisotopic (exact) mass is 273 g/mol. The number of nitrogens with zero attached hydrogens (tertiary/aromatic N) is 2. The average molecular weight is 273 g/mol. The second-order valence-corrected chi connectivity index (χ2v) is 5.87. The summed E-state index contributed by atoms with van der Waals surface area (Å²) < 4.78 is 0. The zero-order chi connectivity index (χ0) is 13.9. The first kappa shape index (κ1) is 13.6. The van der Waals surface area contributed by atoms with Crippen molar-refractivity contribution in [3.63, 3.8) is 0 Å². The first-order valence-corrected chi connectivity index (χ1v) is 7.57. The van der Waals surface area contributed by atoms with Crippen LogP contribution in [0, 0.1) is 0 Å². The molecule has 2 fully saturated rings. The Hall–Kier alpha value is -1.39. The zero-order valence-corrected chi connectivity index (χ0v) is 12.1. The summed E-state index contributed by atoms with van der Waals surface area (Å²) >= 11 is 0. The Bertz CT molecular complexity index is 456. The van der Waals surface area contributed by atoms with E-state index in [1.54, 1.807) is 0 Å². The molecule has 3 rings (SSSR count). The van der Waals surface area contributed by atoms with Crippen LogP contribution in [0.1, 0.15) is 31.4 Å². The predicted molar refractivity (Wildman–Crippen MR) is 79.2 cm³/mol. The molecule has 1 aromatic carbocycles. The lowest BCUT2D eigenvalue weighted by Crippen LogP contribution is -2.43. The molecule has 1 N–H and O–H groups in total. The topological polar surface area (TPSA) is 35.6 Å². The fourth-order valence-electron chi connectivity index (χ4n) is 3.24. The van der Waals surface area contributed by atoms with Gasteiger partial charge >= 0.3 is 0 Å². The quantitative estimate of drug-likeness (QED) is 0.905. The molecule has 2 atom stereocenters. The van der Waals surface area contributed by atoms with Crippen LogP contribution in [0.15, 0.2) is 30.3 Å². The molecular weight excluding hydrogens is 250 g/mol. The van der Waals surface area contributed by atoms with Crippen molar-refractivity contribution in [2.45, 2.75) is 31.8 Å². The summed E-state index contributed by atoms with van der Waals surface area (Å²) in [4.78, 5) is 17.0. The van der Waals surface area contributed by atoms with Crippen molar-refractivity contribution in [2.24, 2.45) is 0 Å². The van der Waals surface area contributed by atoms with Crippen molar-refractivity contribution in [1.82, 2.24) is 15.1 Å². The Morgan fingerprint density at radius 2 is 1.95 bits per heavy atom. The molecule has 0 aromatic heterocycles. The predicted octanol–water partition coefficient (Wildman–Crippen LogP) is 1.60. The standard InChI is InChI=1S/C16H23N3O/c1-13(11-18-9-5-6-10-18)19-12-17-15(16(19)20)14-7-3-2-4-8-14/h2-4,7-8,13,15,17H,5-6,9-12H2,1H3. The summed E-state index contributed by atoms with van der Waals surface area (Å²) in [6.07, 6.45) is 2.59. The normalized spacial score (nSPS) is 25.4. The molecule has 20 heavy (non-hydrogen) atoms. The minimum absolute atomic E-state index is 0.169. The highest BCUT2D eigenvalue weighted by Crippen LogP contribution is 2.22. The molecule has 1 aromatic rings. The van der Waals surface area contributed by atoms with Gasteiger partial charge < -0.3 is 9.80 Å². The van der Waals surface area contributed by atoms with Crippen molar-refractivity contribution < 1.29 is 4.79 Å². The molecule has 2 aliphatic rings. The lowest BCUT2D eigenvalue weighted by Gasteiger charge is -2.28. The third kappa shape index (κ3) is 2.72. The Balaban J connectivity index is 1.63. The molecule has 4 nitrogen and oxygen atoms in total. The van der Waals surface area contributed by atoms with Gasteiger partial charge in [-0.2, -0.15) is 0 Å². The van der Waals surface area contributed by atoms with Crippen LogP contribution in [0.2, 0.25) is 0 Å². The second kappa shape index (κ2) is 5.94. The molecule has 2 aliphatic heterocycles. The largest absolute Gasteiger partial charge is 0.324 e. The number of carbonyl (C=O) groups is 1. The highest BCUT2D eigenvalue weighted by atomic mass is 16.2. The molecule has 0 radical (unpaired) electrons. The number of hydrogen-bond acceptors (Lipinski definition) is 3. The van der Waals surface area contributed by atoms with E-state index < -0.39 is 0 Å². The van der Waals surface area contributed by atoms with E-state index in [-0.39, 0.29) is 18.0 Å². The highest BCUT2D eigenvalue weighted by molar-refractivity contribution is 5.85. The van der Waals surface area contributed by atoms with Crippen molar-refractivity contribution in [3.05, 3.63) is 35.9 Å². The Morgan fingerprint density at radius 1 is 1.25 bits per heavy atom. The van der Waals surface area contributed by atoms with Crippen molar-refractivity contribution in [2.75, 3.05) is 26.3 Å². The lowest BCUT2D eigenvalue weighted by molar-refractivity contribution is -0.130. The fraction of sp³-hybridized carbons (Fsp3) is 0.562. The smallest absolute Gasteiger partial charge is 0.245 e. The second-order valence-electron chi connectivity index (χ2n) is 5.87. The SMILES string of the molecule is CC(CN1CCCC1)N1CNC(c2ccccc2)C1=O. The van der Waals surface area contributed by atoms with Crippen LogP contribution in [0.4, 0.5) is 0 Å². The van der Waals surface area contributed by atoms with E-state index in [0.717, 1.165) is 12.1 Å². The number of nitrogens with one attached hydrogen (secondary N) is 1. The van der Waals surface area contributed by atoms with E-state index in [9.17, 15) is 4.79 Å². The van der Waals surface area contributed by atoms with Crippen molar-refractivity contribution >= 4 is 5.91 Å². The maximum atomic E-state index is 12.6. The van der Waals surface area contributed by atoms with Gasteiger partial charge in [0.15, 0.2) is 0 Å². The molecule has 4 heteroatoms. The molecule has 108 valence electrons. The number of benzene rings is 1. The van der Waals surface area contributed by atoms with Gasteiger partial charge in [0.2, 0.25) is 5.91 Å². The van der Waals surface area contributed by atoms with Crippen LogP contribution < -0.4 is 5.32 Å². The first-order valence-electron chi connectivity index (χ1n) is 7.57. The summed E-state index contributed by atoms with van der Waals surface area (Å²) in [5, 5.41) is 3.34. The zero-order valence-electron chi connectivity index (χ0n) is 12.1. The number of amides is 1. The molecule has 2 unspecified atom stereocenters. The maximum Gasteiger partial charge on any atom is 0.245 e. The third-order valence-electron chi connectivity index (χ3n) is 4.38. The van der Waals surface area contributed by atoms with Crippen LogP contribution in [-0.4, -0.2) is 48.1 Å². The number of hydrogen-bond donors (Lipinski definition) is 1. The van der Waals surface area contributed by atoms with E-state index in [4.69, 9.17) is 0 Å². The Morgan fingerprint density at radius 3 is 2.65 bits per heavy atom. The number of likely N-dealkylation sites (tertiary alicyclic amines) is 1. The summed E-state index contributed by atoms with van der Waals surface area (Å²) in [6, 6.07) is 10.1. The fourth-order valence-corrected chi connectivity index (χ4v) is 3.24. The van der Waals surface area contributed by atoms with E-state index in [1.165, 1.54) is 25.9 Å². The van der Waals surface area contributed by atoms with Gasteiger partial charge in [0.1, 0.15) is 6.04 Å². The minimum atomic E-state index is -0.169.